The van der Waals surface area contributed by atoms with Crippen molar-refractivity contribution >= 4 is 35.6 Å². The number of ether oxygens (including phenoxy) is 1. The maximum atomic E-state index is 12.0. The molecule has 2 atom stereocenters. The molecule has 0 saturated heterocycles. The molecule has 1 aliphatic rings. The van der Waals surface area contributed by atoms with Crippen molar-refractivity contribution in [2.45, 2.75) is 38.6 Å². The summed E-state index contributed by atoms with van der Waals surface area (Å²) in [6.45, 7) is 2.46. The second kappa shape index (κ2) is 8.47. The van der Waals surface area contributed by atoms with Crippen molar-refractivity contribution in [2.75, 3.05) is 11.9 Å². The highest BCUT2D eigenvalue weighted by molar-refractivity contribution is 6.32. The van der Waals surface area contributed by atoms with Gasteiger partial charge in [0.05, 0.1) is 11.6 Å². The van der Waals surface area contributed by atoms with Crippen LogP contribution in [0.3, 0.4) is 0 Å². The van der Waals surface area contributed by atoms with Gasteiger partial charge in [-0.25, -0.2) is 0 Å². The molecule has 21 heavy (non-hydrogen) atoms. The van der Waals surface area contributed by atoms with Gasteiger partial charge in [-0.1, -0.05) is 18.0 Å². The van der Waals surface area contributed by atoms with Gasteiger partial charge >= 0.3 is 0 Å². The third-order valence-electron chi connectivity index (χ3n) is 3.68. The number of nitrogens with two attached hydrogens (primary N) is 1. The molecule has 0 heterocycles. The molecule has 4 nitrogen and oxygen atoms in total. The molecule has 1 fully saturated rings. The highest BCUT2D eigenvalue weighted by Gasteiger charge is 2.26. The van der Waals surface area contributed by atoms with Gasteiger partial charge in [0.1, 0.15) is 5.75 Å². The third kappa shape index (κ3) is 5.06. The van der Waals surface area contributed by atoms with Crippen molar-refractivity contribution in [3.05, 3.63) is 23.2 Å². The fraction of sp³-hybridized carbons (Fsp3) is 0.533. The van der Waals surface area contributed by atoms with E-state index in [0.717, 1.165) is 19.3 Å². The fourth-order valence-electron chi connectivity index (χ4n) is 2.62. The van der Waals surface area contributed by atoms with Crippen LogP contribution in [0.2, 0.25) is 5.02 Å². The zero-order valence-corrected chi connectivity index (χ0v) is 13.7. The minimum Gasteiger partial charge on any atom is -0.492 e. The molecule has 1 saturated carbocycles. The number of rotatable bonds is 5. The monoisotopic (exact) mass is 332 g/mol. The van der Waals surface area contributed by atoms with Crippen molar-refractivity contribution in [3.8, 4) is 5.75 Å². The third-order valence-corrected chi connectivity index (χ3v) is 3.98. The molecule has 1 aromatic carbocycles. The van der Waals surface area contributed by atoms with Crippen LogP contribution in [0.15, 0.2) is 18.2 Å². The lowest BCUT2D eigenvalue weighted by Crippen LogP contribution is -2.28. The van der Waals surface area contributed by atoms with Crippen LogP contribution in [0.1, 0.15) is 32.6 Å². The molecule has 1 aliphatic carbocycles. The van der Waals surface area contributed by atoms with E-state index in [-0.39, 0.29) is 24.4 Å². The average molecular weight is 333 g/mol. The molecule has 0 radical (unpaired) electrons. The molecule has 3 N–H and O–H groups in total. The Morgan fingerprint density at radius 3 is 2.81 bits per heavy atom. The minimum absolute atomic E-state index is 0. The molecule has 1 aromatic rings. The van der Waals surface area contributed by atoms with E-state index in [1.807, 2.05) is 6.92 Å². The summed E-state index contributed by atoms with van der Waals surface area (Å²) in [6.07, 6.45) is 3.66. The van der Waals surface area contributed by atoms with Crippen LogP contribution in [0.5, 0.6) is 5.75 Å². The Bertz CT molecular complexity index is 483. The number of benzene rings is 1. The number of hydrogen-bond donors (Lipinski definition) is 2. The number of anilines is 1. The van der Waals surface area contributed by atoms with Crippen LogP contribution in [0, 0.1) is 5.92 Å². The van der Waals surface area contributed by atoms with Gasteiger partial charge in [-0.2, -0.15) is 0 Å². The van der Waals surface area contributed by atoms with E-state index in [9.17, 15) is 4.79 Å². The van der Waals surface area contributed by atoms with Gasteiger partial charge in [-0.3, -0.25) is 4.79 Å². The summed E-state index contributed by atoms with van der Waals surface area (Å²) >= 11 is 6.09. The number of carbonyl (C=O) groups excluding carboxylic acids is 1. The van der Waals surface area contributed by atoms with E-state index in [2.05, 4.69) is 5.32 Å². The Labute approximate surface area is 136 Å². The van der Waals surface area contributed by atoms with Gasteiger partial charge in [0, 0.05) is 18.2 Å². The zero-order chi connectivity index (χ0) is 14.5. The van der Waals surface area contributed by atoms with Crippen LogP contribution >= 0.6 is 24.0 Å². The summed E-state index contributed by atoms with van der Waals surface area (Å²) in [6, 6.07) is 5.43. The maximum absolute atomic E-state index is 12.0. The first-order valence-corrected chi connectivity index (χ1v) is 7.45. The van der Waals surface area contributed by atoms with E-state index < -0.39 is 0 Å². The molecular weight excluding hydrogens is 311 g/mol. The quantitative estimate of drug-likeness (QED) is 0.865. The molecule has 0 aromatic heterocycles. The van der Waals surface area contributed by atoms with Crippen LogP contribution in [0.4, 0.5) is 5.69 Å². The van der Waals surface area contributed by atoms with Gasteiger partial charge in [0.15, 0.2) is 0 Å². The summed E-state index contributed by atoms with van der Waals surface area (Å²) in [5, 5.41) is 3.37. The van der Waals surface area contributed by atoms with Crippen LogP contribution in [-0.4, -0.2) is 18.6 Å². The van der Waals surface area contributed by atoms with Gasteiger partial charge < -0.3 is 15.8 Å². The highest BCUT2D eigenvalue weighted by atomic mass is 35.5. The Kier molecular flexibility index (Phi) is 7.29. The summed E-state index contributed by atoms with van der Waals surface area (Å²) in [5.74, 6) is 0.922. The van der Waals surface area contributed by atoms with Gasteiger partial charge in [-0.15, -0.1) is 12.4 Å². The SMILES string of the molecule is CCOc1ccc(NC(=O)C[C@@H]2CCC[C@H]2N)cc1Cl.Cl. The lowest BCUT2D eigenvalue weighted by atomic mass is 10.00. The molecule has 0 aliphatic heterocycles. The Balaban J connectivity index is 0.00000220. The molecule has 0 unspecified atom stereocenters. The molecule has 6 heteroatoms. The lowest BCUT2D eigenvalue weighted by molar-refractivity contribution is -0.117. The number of halogens is 2. The first-order chi connectivity index (χ1) is 9.60. The van der Waals surface area contributed by atoms with Gasteiger partial charge in [0.2, 0.25) is 5.91 Å². The molecule has 1 amide bonds. The lowest BCUT2D eigenvalue weighted by Gasteiger charge is -2.15. The molecule has 0 bridgehead atoms. The summed E-state index contributed by atoms with van der Waals surface area (Å²) < 4.78 is 5.36. The molecular formula is C15H22Cl2N2O2. The van der Waals surface area contributed by atoms with Crippen LogP contribution in [0.25, 0.3) is 0 Å². The molecule has 2 rings (SSSR count). The second-order valence-corrected chi connectivity index (χ2v) is 5.59. The predicted molar refractivity (Wildman–Crippen MR) is 88.4 cm³/mol. The number of carbonyl (C=O) groups is 1. The number of amides is 1. The number of hydrogen-bond acceptors (Lipinski definition) is 3. The van der Waals surface area contributed by atoms with Crippen LogP contribution < -0.4 is 15.8 Å². The summed E-state index contributed by atoms with van der Waals surface area (Å²) in [5.41, 5.74) is 6.67. The van der Waals surface area contributed by atoms with E-state index in [4.69, 9.17) is 22.1 Å². The normalized spacial score (nSPS) is 20.7. The molecule has 0 spiro atoms. The smallest absolute Gasteiger partial charge is 0.224 e. The Morgan fingerprint density at radius 1 is 1.48 bits per heavy atom. The van der Waals surface area contributed by atoms with Crippen molar-refractivity contribution in [2.24, 2.45) is 11.7 Å². The summed E-state index contributed by atoms with van der Waals surface area (Å²) in [4.78, 5) is 12.0. The topological polar surface area (TPSA) is 64.3 Å². The van der Waals surface area contributed by atoms with Gasteiger partial charge in [-0.05, 0) is 43.9 Å². The summed E-state index contributed by atoms with van der Waals surface area (Å²) in [7, 11) is 0. The van der Waals surface area contributed by atoms with Crippen molar-refractivity contribution in [3.63, 3.8) is 0 Å². The average Bonchev–Trinajstić information content (AvgIpc) is 2.78. The second-order valence-electron chi connectivity index (χ2n) is 5.19. The Hall–Kier alpha value is -0.970. The number of nitrogens with one attached hydrogen (secondary N) is 1. The minimum atomic E-state index is -0.00687. The first kappa shape index (κ1) is 18.1. The predicted octanol–water partition coefficient (Wildman–Crippen LogP) is 3.62. The van der Waals surface area contributed by atoms with Gasteiger partial charge in [0.25, 0.3) is 0 Å². The van der Waals surface area contributed by atoms with E-state index >= 15 is 0 Å². The van der Waals surface area contributed by atoms with Crippen molar-refractivity contribution in [1.29, 1.82) is 0 Å². The highest BCUT2D eigenvalue weighted by Crippen LogP contribution is 2.29. The molecule has 118 valence electrons. The van der Waals surface area contributed by atoms with E-state index in [1.54, 1.807) is 18.2 Å². The standard InChI is InChI=1S/C15H21ClN2O2.ClH/c1-2-20-14-7-6-11(9-12(14)16)18-15(19)8-10-4-3-5-13(10)17;/h6-7,9-10,13H,2-5,8,17H2,1H3,(H,18,19);1H/t10-,13+;/m0./s1. The first-order valence-electron chi connectivity index (χ1n) is 7.08. The van der Waals surface area contributed by atoms with Crippen molar-refractivity contribution < 1.29 is 9.53 Å². The fourth-order valence-corrected chi connectivity index (χ4v) is 2.86. The van der Waals surface area contributed by atoms with E-state index in [0.29, 0.717) is 35.4 Å². The largest absolute Gasteiger partial charge is 0.492 e. The van der Waals surface area contributed by atoms with Crippen LogP contribution in [-0.2, 0) is 4.79 Å². The van der Waals surface area contributed by atoms with E-state index in [1.165, 1.54) is 0 Å². The van der Waals surface area contributed by atoms with Crippen molar-refractivity contribution in [1.82, 2.24) is 0 Å². The Morgan fingerprint density at radius 2 is 2.24 bits per heavy atom. The zero-order valence-electron chi connectivity index (χ0n) is 12.1. The maximum Gasteiger partial charge on any atom is 0.224 e.